The van der Waals surface area contributed by atoms with Gasteiger partial charge in [0.2, 0.25) is 5.91 Å². The Morgan fingerprint density at radius 3 is 2.55 bits per heavy atom. The van der Waals surface area contributed by atoms with Crippen molar-refractivity contribution in [3.05, 3.63) is 48.3 Å². The molecule has 2 atom stereocenters. The number of anilines is 1. The number of fused-ring (bicyclic) bond motifs is 1. The molecule has 2 aliphatic rings. The molecular weight excluding hydrogens is 451 g/mol. The Labute approximate surface area is 192 Å². The van der Waals surface area contributed by atoms with Gasteiger partial charge in [0.1, 0.15) is 25.6 Å². The maximum absolute atomic E-state index is 14.0. The number of carbonyl (C=O) groups is 1. The number of likely N-dealkylation sites (N-methyl/N-ethyl adjacent to an activating group) is 1. The standard InChI is InChI=1S/C23H27FN2O6S/c1-25(19-7-2-3-8-20(19)27)23(28)15-26(17-6-4-5-16(24)13-17)33(29,30)18-9-10-21-22(14-18)32-12-11-31-21/h4-6,9-10,13-14,19-20,27H,2-3,7-8,11-12,15H2,1H3. The minimum Gasteiger partial charge on any atom is -0.486 e. The van der Waals surface area contributed by atoms with Crippen LogP contribution in [0.25, 0.3) is 0 Å². The maximum atomic E-state index is 14.0. The highest BCUT2D eigenvalue weighted by atomic mass is 32.2. The Hall–Kier alpha value is -2.85. The fourth-order valence-electron chi connectivity index (χ4n) is 4.22. The lowest BCUT2D eigenvalue weighted by atomic mass is 9.91. The van der Waals surface area contributed by atoms with Crippen molar-refractivity contribution in [2.24, 2.45) is 0 Å². The van der Waals surface area contributed by atoms with E-state index in [2.05, 4.69) is 0 Å². The van der Waals surface area contributed by atoms with Gasteiger partial charge in [-0.15, -0.1) is 0 Å². The van der Waals surface area contributed by atoms with Gasteiger partial charge in [-0.2, -0.15) is 0 Å². The molecule has 1 heterocycles. The first-order valence-corrected chi connectivity index (χ1v) is 12.3. The zero-order chi connectivity index (χ0) is 23.6. The third kappa shape index (κ3) is 4.91. The van der Waals surface area contributed by atoms with Gasteiger partial charge in [-0.3, -0.25) is 9.10 Å². The Bertz CT molecular complexity index is 1130. The first-order chi connectivity index (χ1) is 15.8. The van der Waals surface area contributed by atoms with Crippen LogP contribution in [0.4, 0.5) is 10.1 Å². The third-order valence-corrected chi connectivity index (χ3v) is 7.83. The molecule has 0 bridgehead atoms. The van der Waals surface area contributed by atoms with E-state index in [-0.39, 0.29) is 22.9 Å². The van der Waals surface area contributed by atoms with E-state index in [1.807, 2.05) is 0 Å². The maximum Gasteiger partial charge on any atom is 0.264 e. The number of hydrogen-bond acceptors (Lipinski definition) is 6. The predicted octanol–water partition coefficient (Wildman–Crippen LogP) is 2.55. The van der Waals surface area contributed by atoms with E-state index in [9.17, 15) is 22.7 Å². The van der Waals surface area contributed by atoms with E-state index in [1.54, 1.807) is 7.05 Å². The van der Waals surface area contributed by atoms with Crippen molar-refractivity contribution in [3.63, 3.8) is 0 Å². The van der Waals surface area contributed by atoms with Gasteiger partial charge >= 0.3 is 0 Å². The number of halogens is 1. The lowest BCUT2D eigenvalue weighted by molar-refractivity contribution is -0.133. The summed E-state index contributed by atoms with van der Waals surface area (Å²) in [5, 5.41) is 10.3. The molecule has 0 aromatic heterocycles. The van der Waals surface area contributed by atoms with Crippen molar-refractivity contribution in [1.29, 1.82) is 0 Å². The van der Waals surface area contributed by atoms with Crippen molar-refractivity contribution in [2.75, 3.05) is 31.1 Å². The molecule has 1 fully saturated rings. The fourth-order valence-corrected chi connectivity index (χ4v) is 5.64. The summed E-state index contributed by atoms with van der Waals surface area (Å²) in [6, 6.07) is 8.90. The van der Waals surface area contributed by atoms with Gasteiger partial charge in [0.15, 0.2) is 11.5 Å². The normalized spacial score (nSPS) is 20.2. The predicted molar refractivity (Wildman–Crippen MR) is 119 cm³/mol. The van der Waals surface area contributed by atoms with E-state index in [1.165, 1.54) is 41.3 Å². The monoisotopic (exact) mass is 478 g/mol. The first-order valence-electron chi connectivity index (χ1n) is 10.9. The molecule has 10 heteroatoms. The molecule has 1 aliphatic heterocycles. The number of rotatable bonds is 6. The summed E-state index contributed by atoms with van der Waals surface area (Å²) >= 11 is 0. The third-order valence-electron chi connectivity index (χ3n) is 6.06. The molecular formula is C23H27FN2O6S. The van der Waals surface area contributed by atoms with Crippen molar-refractivity contribution in [2.45, 2.75) is 42.7 Å². The number of nitrogens with zero attached hydrogens (tertiary/aromatic N) is 2. The minimum atomic E-state index is -4.26. The van der Waals surface area contributed by atoms with Crippen LogP contribution in [0.3, 0.4) is 0 Å². The molecule has 2 aromatic rings. The van der Waals surface area contributed by atoms with E-state index in [0.29, 0.717) is 25.2 Å². The summed E-state index contributed by atoms with van der Waals surface area (Å²) < 4.78 is 53.1. The molecule has 0 spiro atoms. The number of aliphatic hydroxyl groups is 1. The van der Waals surface area contributed by atoms with Gasteiger partial charge in [-0.1, -0.05) is 18.9 Å². The molecule has 1 N–H and O–H groups in total. The van der Waals surface area contributed by atoms with Gasteiger partial charge in [0.25, 0.3) is 10.0 Å². The van der Waals surface area contributed by atoms with Gasteiger partial charge in [0.05, 0.1) is 22.7 Å². The number of sulfonamides is 1. The Balaban J connectivity index is 1.67. The van der Waals surface area contributed by atoms with E-state index in [4.69, 9.17) is 9.47 Å². The van der Waals surface area contributed by atoms with Crippen molar-refractivity contribution < 1.29 is 32.2 Å². The second kappa shape index (κ2) is 9.56. The zero-order valence-corrected chi connectivity index (χ0v) is 19.1. The highest BCUT2D eigenvalue weighted by molar-refractivity contribution is 7.92. The average Bonchev–Trinajstić information content (AvgIpc) is 2.81. The largest absolute Gasteiger partial charge is 0.486 e. The molecule has 1 saturated carbocycles. The van der Waals surface area contributed by atoms with E-state index < -0.39 is 40.4 Å². The zero-order valence-electron chi connectivity index (χ0n) is 18.3. The highest BCUT2D eigenvalue weighted by Gasteiger charge is 2.34. The Morgan fingerprint density at radius 2 is 1.82 bits per heavy atom. The topological polar surface area (TPSA) is 96.4 Å². The van der Waals surface area contributed by atoms with Gasteiger partial charge in [-0.25, -0.2) is 12.8 Å². The van der Waals surface area contributed by atoms with E-state index in [0.717, 1.165) is 23.2 Å². The van der Waals surface area contributed by atoms with Crippen LogP contribution in [0.2, 0.25) is 0 Å². The lowest BCUT2D eigenvalue weighted by Crippen LogP contribution is -2.50. The van der Waals surface area contributed by atoms with Gasteiger partial charge < -0.3 is 19.5 Å². The number of carbonyl (C=O) groups excluding carboxylic acids is 1. The smallest absolute Gasteiger partial charge is 0.264 e. The molecule has 178 valence electrons. The van der Waals surface area contributed by atoms with Crippen LogP contribution < -0.4 is 13.8 Å². The van der Waals surface area contributed by atoms with Gasteiger partial charge in [-0.05, 0) is 43.2 Å². The van der Waals surface area contributed by atoms with E-state index >= 15 is 0 Å². The quantitative estimate of drug-likeness (QED) is 0.686. The summed E-state index contributed by atoms with van der Waals surface area (Å²) in [7, 11) is -2.70. The highest BCUT2D eigenvalue weighted by Crippen LogP contribution is 2.34. The molecule has 1 amide bonds. The van der Waals surface area contributed by atoms with Crippen LogP contribution in [0.5, 0.6) is 11.5 Å². The SMILES string of the molecule is CN(C(=O)CN(c1cccc(F)c1)S(=O)(=O)c1ccc2c(c1)OCCO2)C1CCCCC1O. The van der Waals surface area contributed by atoms with Crippen LogP contribution in [0, 0.1) is 5.82 Å². The second-order valence-electron chi connectivity index (χ2n) is 8.22. The van der Waals surface area contributed by atoms with Crippen LogP contribution in [0.1, 0.15) is 25.7 Å². The molecule has 1 aliphatic carbocycles. The van der Waals surface area contributed by atoms with Crippen LogP contribution in [0.15, 0.2) is 47.4 Å². The molecule has 4 rings (SSSR count). The van der Waals surface area contributed by atoms with Crippen molar-refractivity contribution in [3.8, 4) is 11.5 Å². The Morgan fingerprint density at radius 1 is 1.09 bits per heavy atom. The molecule has 0 radical (unpaired) electrons. The first kappa shape index (κ1) is 23.3. The average molecular weight is 479 g/mol. The number of amides is 1. The van der Waals surface area contributed by atoms with Crippen LogP contribution >= 0.6 is 0 Å². The number of benzene rings is 2. The molecule has 0 saturated heterocycles. The Kier molecular flexibility index (Phi) is 6.76. The van der Waals surface area contributed by atoms with Crippen molar-refractivity contribution in [1.82, 2.24) is 4.90 Å². The molecule has 2 unspecified atom stereocenters. The number of aliphatic hydroxyl groups excluding tert-OH is 1. The summed E-state index contributed by atoms with van der Waals surface area (Å²) in [5.74, 6) is -0.403. The summed E-state index contributed by atoms with van der Waals surface area (Å²) in [4.78, 5) is 14.4. The summed E-state index contributed by atoms with van der Waals surface area (Å²) in [6.45, 7) is 0.111. The number of ether oxygens (including phenoxy) is 2. The molecule has 33 heavy (non-hydrogen) atoms. The second-order valence-corrected chi connectivity index (χ2v) is 10.1. The molecule has 2 aromatic carbocycles. The fraction of sp³-hybridized carbons (Fsp3) is 0.435. The lowest BCUT2D eigenvalue weighted by Gasteiger charge is -2.36. The van der Waals surface area contributed by atoms with Crippen molar-refractivity contribution >= 4 is 21.6 Å². The van der Waals surface area contributed by atoms with Crippen LogP contribution in [-0.4, -0.2) is 63.3 Å². The minimum absolute atomic E-state index is 0.0239. The van der Waals surface area contributed by atoms with Crippen LogP contribution in [-0.2, 0) is 14.8 Å². The summed E-state index contributed by atoms with van der Waals surface area (Å²) in [5.41, 5.74) is 0.0239. The summed E-state index contributed by atoms with van der Waals surface area (Å²) in [6.07, 6.45) is 2.32. The van der Waals surface area contributed by atoms with Gasteiger partial charge in [0, 0.05) is 13.1 Å². The number of hydrogen-bond donors (Lipinski definition) is 1. The molecule has 8 nitrogen and oxygen atoms in total.